The average Bonchev–Trinajstić information content (AvgIpc) is 1.67. The van der Waals surface area contributed by atoms with Gasteiger partial charge in [0.2, 0.25) is 0 Å². The van der Waals surface area contributed by atoms with Crippen LogP contribution in [0.15, 0.2) is 9.28 Å². The van der Waals surface area contributed by atoms with Crippen molar-refractivity contribution in [1.29, 1.82) is 0 Å². The summed E-state index contributed by atoms with van der Waals surface area (Å²) in [5.41, 5.74) is 0. The summed E-state index contributed by atoms with van der Waals surface area (Å²) in [5, 5.41) is 0. The Morgan fingerprint density at radius 1 is 1.50 bits per heavy atom. The van der Waals surface area contributed by atoms with Crippen molar-refractivity contribution in [2.24, 2.45) is 9.28 Å². The molecule has 0 amide bonds. The van der Waals surface area contributed by atoms with Gasteiger partial charge in [0.25, 0.3) is 0 Å². The monoisotopic (exact) mass is 150 g/mol. The van der Waals surface area contributed by atoms with Crippen LogP contribution < -0.4 is 0 Å². The summed E-state index contributed by atoms with van der Waals surface area (Å²) in [6.07, 6.45) is 0. The van der Waals surface area contributed by atoms with Gasteiger partial charge in [0.05, 0.1) is 7.21 Å². The lowest BCUT2D eigenvalue weighted by molar-refractivity contribution is 1.77. The number of hydrogen-bond donors (Lipinski definition) is 0. The highest BCUT2D eigenvalue weighted by Gasteiger charge is 1.94. The fourth-order valence-electron chi connectivity index (χ4n) is 0.276. The molecule has 0 rings (SSSR count). The summed E-state index contributed by atoms with van der Waals surface area (Å²) in [7, 11) is -0.616. The highest BCUT2D eigenvalue weighted by Crippen LogP contribution is 2.45. The van der Waals surface area contributed by atoms with Crippen molar-refractivity contribution in [3.05, 3.63) is 0 Å². The van der Waals surface area contributed by atoms with E-state index in [4.69, 9.17) is 0 Å². The van der Waals surface area contributed by atoms with Gasteiger partial charge in [-0.1, -0.05) is 0 Å². The van der Waals surface area contributed by atoms with Crippen LogP contribution >= 0.6 is 15.9 Å². The van der Waals surface area contributed by atoms with Crippen LogP contribution in [0, 0.1) is 0 Å². The molecule has 0 saturated heterocycles. The maximum atomic E-state index is 4.28. The van der Waals surface area contributed by atoms with Crippen molar-refractivity contribution >= 4 is 22.7 Å². The molecule has 0 radical (unpaired) electrons. The smallest absolute Gasteiger partial charge is 0.0714 e. The van der Waals surface area contributed by atoms with E-state index in [9.17, 15) is 0 Å². The molecule has 0 N–H and O–H groups in total. The molecule has 0 aromatic rings. The van der Waals surface area contributed by atoms with Gasteiger partial charge in [-0.15, -0.1) is 0 Å². The predicted molar refractivity (Wildman–Crippen MR) is 45.0 cm³/mol. The maximum Gasteiger partial charge on any atom is 0.0714 e. The Labute approximate surface area is 52.7 Å². The number of nitrogens with zero attached hydrogens (tertiary/aromatic N) is 2. The first-order valence-corrected chi connectivity index (χ1v) is 6.37. The molecule has 48 valence electrons. The highest BCUT2D eigenvalue weighted by molar-refractivity contribution is 7.67. The van der Waals surface area contributed by atoms with Crippen molar-refractivity contribution in [3.63, 3.8) is 0 Å². The molecule has 4 heteroatoms. The molecule has 0 spiro atoms. The van der Waals surface area contributed by atoms with Gasteiger partial charge in [0.1, 0.15) is 0 Å². The summed E-state index contributed by atoms with van der Waals surface area (Å²) in [5.74, 6) is 0. The summed E-state index contributed by atoms with van der Waals surface area (Å²) in [4.78, 5) is 0. The van der Waals surface area contributed by atoms with Crippen LogP contribution in [-0.4, -0.2) is 26.7 Å². The Kier molecular flexibility index (Phi) is 3.51. The molecule has 0 aromatic carbocycles. The second-order valence-electron chi connectivity index (χ2n) is 1.80. The van der Waals surface area contributed by atoms with Gasteiger partial charge in [-0.25, -0.2) is 0 Å². The summed E-state index contributed by atoms with van der Waals surface area (Å²) >= 11 is 0. The van der Waals surface area contributed by atoms with Gasteiger partial charge in [-0.05, 0) is 35.4 Å². The lowest BCUT2D eigenvalue weighted by Gasteiger charge is -2.03. The van der Waals surface area contributed by atoms with E-state index in [0.717, 1.165) is 0 Å². The molecule has 2 nitrogen and oxygen atoms in total. The molecule has 0 aliphatic carbocycles. The van der Waals surface area contributed by atoms with Gasteiger partial charge in [0.15, 0.2) is 0 Å². The van der Waals surface area contributed by atoms with E-state index in [1.807, 2.05) is 6.66 Å². The Bertz CT molecular complexity index is 124. The first-order chi connectivity index (χ1) is 3.62. The van der Waals surface area contributed by atoms with Gasteiger partial charge < -0.3 is 0 Å². The van der Waals surface area contributed by atoms with E-state index in [1.165, 1.54) is 0 Å². The summed E-state index contributed by atoms with van der Waals surface area (Å²) in [6.45, 7) is 9.61. The molecule has 0 aromatic heterocycles. The van der Waals surface area contributed by atoms with Crippen molar-refractivity contribution < 1.29 is 0 Å². The van der Waals surface area contributed by atoms with Crippen LogP contribution in [0.3, 0.4) is 0 Å². The van der Waals surface area contributed by atoms with Crippen LogP contribution in [0.1, 0.15) is 0 Å². The minimum absolute atomic E-state index is 0.657. The van der Waals surface area contributed by atoms with Crippen molar-refractivity contribution in [2.45, 2.75) is 0 Å². The molecule has 1 atom stereocenters. The first kappa shape index (κ1) is 8.33. The predicted octanol–water partition coefficient (Wildman–Crippen LogP) is 2.29. The second-order valence-corrected chi connectivity index (χ2v) is 6.01. The van der Waals surface area contributed by atoms with E-state index in [1.54, 1.807) is 0 Å². The van der Waals surface area contributed by atoms with E-state index < -0.39 is 7.21 Å². The molecule has 0 fully saturated rings. The molecule has 8 heavy (non-hydrogen) atoms. The van der Waals surface area contributed by atoms with Gasteiger partial charge in [-0.3, -0.25) is 9.28 Å². The van der Waals surface area contributed by atoms with Crippen LogP contribution in [0.5, 0.6) is 0 Å². The van der Waals surface area contributed by atoms with Crippen LogP contribution in [-0.2, 0) is 0 Å². The fraction of sp³-hybridized carbons (Fsp3) is 0.750. The lowest BCUT2D eigenvalue weighted by atomic mass is 11.8. The summed E-state index contributed by atoms with van der Waals surface area (Å²) in [6, 6.07) is 0. The zero-order valence-corrected chi connectivity index (χ0v) is 7.44. The van der Waals surface area contributed by atoms with E-state index in [2.05, 4.69) is 29.3 Å². The number of rotatable bonds is 2. The van der Waals surface area contributed by atoms with Crippen molar-refractivity contribution in [1.82, 2.24) is 0 Å². The molecular weight excluding hydrogens is 138 g/mol. The first-order valence-electron chi connectivity index (χ1n) is 2.33. The van der Waals surface area contributed by atoms with Crippen LogP contribution in [0.2, 0.25) is 0 Å². The fourth-order valence-corrected chi connectivity index (χ4v) is 2.49. The number of hydrogen-bond acceptors (Lipinski definition) is 1. The van der Waals surface area contributed by atoms with E-state index in [0.29, 0.717) is 8.73 Å². The van der Waals surface area contributed by atoms with Crippen molar-refractivity contribution in [2.75, 3.05) is 20.0 Å². The molecule has 0 aliphatic rings. The Balaban J connectivity index is 4.09. The molecule has 0 aliphatic heterocycles. The van der Waals surface area contributed by atoms with Gasteiger partial charge in [0, 0.05) is 0 Å². The SMILES string of the molecule is C=NP(C)(C)=NPC. The van der Waals surface area contributed by atoms with Crippen LogP contribution in [0.4, 0.5) is 0 Å². The minimum atomic E-state index is -1.27. The Hall–Kier alpha value is 0.330. The maximum absolute atomic E-state index is 4.28. The Morgan fingerprint density at radius 3 is 2.12 bits per heavy atom. The second kappa shape index (κ2) is 3.37. The normalized spacial score (nSPS) is 12.4. The third-order valence-corrected chi connectivity index (χ3v) is 4.14. The topological polar surface area (TPSA) is 24.7 Å². The summed E-state index contributed by atoms with van der Waals surface area (Å²) < 4.78 is 8.20. The third kappa shape index (κ3) is 3.35. The van der Waals surface area contributed by atoms with Gasteiger partial charge in [-0.2, -0.15) is 0 Å². The molecule has 0 saturated carbocycles. The van der Waals surface area contributed by atoms with Crippen LogP contribution in [0.25, 0.3) is 0 Å². The average molecular weight is 150 g/mol. The Morgan fingerprint density at radius 2 is 2.00 bits per heavy atom. The highest BCUT2D eigenvalue weighted by atomic mass is 31.2. The zero-order valence-electron chi connectivity index (χ0n) is 5.55. The quantitative estimate of drug-likeness (QED) is 0.426. The minimum Gasteiger partial charge on any atom is -0.261 e. The standard InChI is InChI=1S/C4H12N2P2/c1-5-8(3,4)6-7-2/h7H,1H2,2-4H3. The molecule has 1 unspecified atom stereocenters. The van der Waals surface area contributed by atoms with E-state index in [-0.39, 0.29) is 0 Å². The largest absolute Gasteiger partial charge is 0.261 e. The third-order valence-electron chi connectivity index (χ3n) is 0.691. The zero-order chi connectivity index (χ0) is 6.62. The lowest BCUT2D eigenvalue weighted by Crippen LogP contribution is -1.63. The van der Waals surface area contributed by atoms with Crippen molar-refractivity contribution in [3.8, 4) is 0 Å². The molecule has 0 bridgehead atoms. The molecule has 0 heterocycles. The van der Waals surface area contributed by atoms with E-state index >= 15 is 0 Å². The van der Waals surface area contributed by atoms with Gasteiger partial charge >= 0.3 is 0 Å². The molecular formula is C4H12N2P2.